The highest BCUT2D eigenvalue weighted by Gasteiger charge is 2.10. The molecule has 7 heteroatoms. The van der Waals surface area contributed by atoms with Crippen molar-refractivity contribution in [3.05, 3.63) is 76.3 Å². The van der Waals surface area contributed by atoms with E-state index < -0.39 is 0 Å². The second-order valence-corrected chi connectivity index (χ2v) is 6.56. The number of para-hydroxylation sites is 2. The van der Waals surface area contributed by atoms with Crippen LogP contribution in [0.5, 0.6) is 0 Å². The van der Waals surface area contributed by atoms with Gasteiger partial charge in [-0.1, -0.05) is 24.3 Å². The molecule has 0 radical (unpaired) electrons. The van der Waals surface area contributed by atoms with Crippen molar-refractivity contribution in [2.45, 2.75) is 13.5 Å². The normalized spacial score (nSPS) is 10.3. The van der Waals surface area contributed by atoms with Gasteiger partial charge in [-0.3, -0.25) is 9.59 Å². The molecule has 0 atom stereocenters. The summed E-state index contributed by atoms with van der Waals surface area (Å²) in [5, 5.41) is 5.62. The quantitative estimate of drug-likeness (QED) is 0.604. The first-order chi connectivity index (χ1) is 12.5. The number of nitrogens with two attached hydrogens (primary N) is 1. The number of rotatable bonds is 5. The van der Waals surface area contributed by atoms with E-state index in [-0.39, 0.29) is 11.8 Å². The predicted octanol–water partition coefficient (Wildman–Crippen LogP) is 3.22. The number of nitrogens with one attached hydrogen (secondary N) is 2. The Morgan fingerprint density at radius 2 is 1.81 bits per heavy atom. The maximum absolute atomic E-state index is 12.3. The van der Waals surface area contributed by atoms with Crippen LogP contribution in [0.1, 0.15) is 31.3 Å². The molecule has 0 spiro atoms. The van der Waals surface area contributed by atoms with E-state index in [9.17, 15) is 9.59 Å². The second kappa shape index (κ2) is 7.79. The van der Waals surface area contributed by atoms with E-state index >= 15 is 0 Å². The Labute approximate surface area is 155 Å². The van der Waals surface area contributed by atoms with Crippen LogP contribution in [0.3, 0.4) is 0 Å². The van der Waals surface area contributed by atoms with E-state index in [2.05, 4.69) is 15.0 Å². The van der Waals surface area contributed by atoms with Crippen molar-refractivity contribution in [3.8, 4) is 0 Å². The number of nitrogen functional groups attached to an aromatic ring is 1. The minimum absolute atomic E-state index is 0.156. The number of hydrogen-bond acceptors (Lipinski definition) is 5. The minimum atomic E-state index is -0.237. The summed E-state index contributed by atoms with van der Waals surface area (Å²) in [6.45, 7) is 2.23. The number of benzene rings is 2. The Hall–Kier alpha value is -3.19. The zero-order valence-corrected chi connectivity index (χ0v) is 15.0. The highest BCUT2D eigenvalue weighted by molar-refractivity contribution is 7.08. The summed E-state index contributed by atoms with van der Waals surface area (Å²) < 4.78 is 4.09. The van der Waals surface area contributed by atoms with Crippen LogP contribution in [0.4, 0.5) is 11.4 Å². The molecule has 3 aromatic rings. The van der Waals surface area contributed by atoms with Crippen LogP contribution in [0, 0.1) is 6.92 Å². The number of amides is 2. The lowest BCUT2D eigenvalue weighted by atomic mass is 10.1. The van der Waals surface area contributed by atoms with Gasteiger partial charge in [0.15, 0.2) is 0 Å². The highest BCUT2D eigenvalue weighted by atomic mass is 32.1. The summed E-state index contributed by atoms with van der Waals surface area (Å²) in [5.74, 6) is -0.393. The Kier molecular flexibility index (Phi) is 5.28. The molecule has 0 saturated carbocycles. The zero-order chi connectivity index (χ0) is 18.5. The summed E-state index contributed by atoms with van der Waals surface area (Å²) in [6.07, 6.45) is 0. The summed E-state index contributed by atoms with van der Waals surface area (Å²) >= 11 is 1.18. The van der Waals surface area contributed by atoms with E-state index in [0.717, 1.165) is 11.3 Å². The van der Waals surface area contributed by atoms with Crippen LogP contribution in [0.25, 0.3) is 0 Å². The number of aryl methyl sites for hydroxylation is 1. The average molecular weight is 366 g/mol. The predicted molar refractivity (Wildman–Crippen MR) is 103 cm³/mol. The fourth-order valence-corrected chi connectivity index (χ4v) is 2.99. The molecule has 0 bridgehead atoms. The van der Waals surface area contributed by atoms with Crippen molar-refractivity contribution in [2.75, 3.05) is 11.1 Å². The second-order valence-electron chi connectivity index (χ2n) is 5.75. The van der Waals surface area contributed by atoms with Gasteiger partial charge in [-0.2, -0.15) is 4.37 Å². The molecule has 0 fully saturated rings. The number of anilines is 2. The first kappa shape index (κ1) is 17.6. The molecule has 0 aliphatic rings. The summed E-state index contributed by atoms with van der Waals surface area (Å²) in [4.78, 5) is 24.9. The molecule has 0 aliphatic heterocycles. The first-order valence-electron chi connectivity index (χ1n) is 7.99. The van der Waals surface area contributed by atoms with Crippen LogP contribution in [0.2, 0.25) is 0 Å². The summed E-state index contributed by atoms with van der Waals surface area (Å²) in [5.41, 5.74) is 9.16. The van der Waals surface area contributed by atoms with Gasteiger partial charge in [0.25, 0.3) is 11.8 Å². The lowest BCUT2D eigenvalue weighted by Crippen LogP contribution is -2.21. The molecular formula is C19H18N4O2S. The molecule has 3 rings (SSSR count). The van der Waals surface area contributed by atoms with Crippen LogP contribution < -0.4 is 16.4 Å². The van der Waals surface area contributed by atoms with Gasteiger partial charge in [-0.15, -0.1) is 0 Å². The third kappa shape index (κ3) is 4.25. The van der Waals surface area contributed by atoms with E-state index in [1.165, 1.54) is 11.5 Å². The smallest absolute Gasteiger partial charge is 0.263 e. The third-order valence-electron chi connectivity index (χ3n) is 3.73. The monoisotopic (exact) mass is 366 g/mol. The molecule has 6 nitrogen and oxygen atoms in total. The standard InChI is InChI=1S/C19H18N4O2S/c1-12-10-17(26-23-12)19(25)21-11-13-6-8-14(9-7-13)18(24)22-16-5-3-2-4-15(16)20/h2-10H,11,20H2,1H3,(H,21,25)(H,22,24). The molecule has 2 amide bonds. The minimum Gasteiger partial charge on any atom is -0.397 e. The molecule has 0 unspecified atom stereocenters. The van der Waals surface area contributed by atoms with Gasteiger partial charge in [0.1, 0.15) is 4.88 Å². The fourth-order valence-electron chi connectivity index (χ4n) is 2.32. The van der Waals surface area contributed by atoms with Gasteiger partial charge in [-0.25, -0.2) is 0 Å². The van der Waals surface area contributed by atoms with E-state index in [4.69, 9.17) is 5.73 Å². The van der Waals surface area contributed by atoms with Crippen molar-refractivity contribution in [1.82, 2.24) is 9.69 Å². The number of hydrogen-bond donors (Lipinski definition) is 3. The Bertz CT molecular complexity index is 935. The third-order valence-corrected chi connectivity index (χ3v) is 4.61. The van der Waals surface area contributed by atoms with E-state index in [1.54, 1.807) is 30.3 Å². The number of carbonyl (C=O) groups excluding carboxylic acids is 2. The van der Waals surface area contributed by atoms with Crippen molar-refractivity contribution in [2.24, 2.45) is 0 Å². The lowest BCUT2D eigenvalue weighted by molar-refractivity contribution is 0.0953. The van der Waals surface area contributed by atoms with Gasteiger partial charge in [0, 0.05) is 12.1 Å². The molecular weight excluding hydrogens is 348 g/mol. The van der Waals surface area contributed by atoms with Gasteiger partial charge < -0.3 is 16.4 Å². The highest BCUT2D eigenvalue weighted by Crippen LogP contribution is 2.18. The maximum atomic E-state index is 12.3. The number of carbonyl (C=O) groups is 2. The summed E-state index contributed by atoms with van der Waals surface area (Å²) in [6, 6.07) is 15.9. The molecule has 0 saturated heterocycles. The molecule has 2 aromatic carbocycles. The molecule has 4 N–H and O–H groups in total. The first-order valence-corrected chi connectivity index (χ1v) is 8.76. The van der Waals surface area contributed by atoms with Crippen LogP contribution in [0.15, 0.2) is 54.6 Å². The number of nitrogens with zero attached hydrogens (tertiary/aromatic N) is 1. The fraction of sp³-hybridized carbons (Fsp3) is 0.105. The molecule has 26 heavy (non-hydrogen) atoms. The van der Waals surface area contributed by atoms with Crippen molar-refractivity contribution in [1.29, 1.82) is 0 Å². The van der Waals surface area contributed by atoms with Crippen molar-refractivity contribution < 1.29 is 9.59 Å². The summed E-state index contributed by atoms with van der Waals surface area (Å²) in [7, 11) is 0. The average Bonchev–Trinajstić information content (AvgIpc) is 3.08. The molecule has 0 aliphatic carbocycles. The van der Waals surface area contributed by atoms with Gasteiger partial charge in [0.05, 0.1) is 17.1 Å². The van der Waals surface area contributed by atoms with Crippen LogP contribution in [-0.2, 0) is 6.54 Å². The Balaban J connectivity index is 1.58. The number of aromatic nitrogens is 1. The Morgan fingerprint density at radius 3 is 2.46 bits per heavy atom. The molecule has 132 valence electrons. The zero-order valence-electron chi connectivity index (χ0n) is 14.2. The van der Waals surface area contributed by atoms with Gasteiger partial charge >= 0.3 is 0 Å². The van der Waals surface area contributed by atoms with Crippen LogP contribution in [-0.4, -0.2) is 16.2 Å². The van der Waals surface area contributed by atoms with Gasteiger partial charge in [0.2, 0.25) is 0 Å². The van der Waals surface area contributed by atoms with Gasteiger partial charge in [-0.05, 0) is 54.4 Å². The van der Waals surface area contributed by atoms with Crippen molar-refractivity contribution >= 4 is 34.7 Å². The van der Waals surface area contributed by atoms with E-state index in [1.807, 2.05) is 31.2 Å². The molecule has 1 heterocycles. The lowest BCUT2D eigenvalue weighted by Gasteiger charge is -2.09. The SMILES string of the molecule is Cc1cc(C(=O)NCc2ccc(C(=O)Nc3ccccc3N)cc2)sn1. The van der Waals surface area contributed by atoms with Crippen LogP contribution >= 0.6 is 11.5 Å². The maximum Gasteiger partial charge on any atom is 0.263 e. The van der Waals surface area contributed by atoms with Crippen molar-refractivity contribution in [3.63, 3.8) is 0 Å². The Morgan fingerprint density at radius 1 is 1.08 bits per heavy atom. The van der Waals surface area contributed by atoms with E-state index in [0.29, 0.717) is 28.4 Å². The molecule has 1 aromatic heterocycles. The largest absolute Gasteiger partial charge is 0.397 e. The topological polar surface area (TPSA) is 97.1 Å².